The summed E-state index contributed by atoms with van der Waals surface area (Å²) in [6, 6.07) is 0.0880. The molecule has 0 unspecified atom stereocenters. The lowest BCUT2D eigenvalue weighted by molar-refractivity contribution is 0.217. The van der Waals surface area contributed by atoms with Crippen LogP contribution in [0.25, 0.3) is 0 Å². The first kappa shape index (κ1) is 12.0. The molecule has 0 atom stereocenters. The van der Waals surface area contributed by atoms with Crippen molar-refractivity contribution in [3.05, 3.63) is 0 Å². The SMILES string of the molecule is CSC1(CNCCN2CCNC2=O)CCC1. The van der Waals surface area contributed by atoms with Crippen molar-refractivity contribution in [1.82, 2.24) is 15.5 Å². The highest BCUT2D eigenvalue weighted by Crippen LogP contribution is 2.41. The smallest absolute Gasteiger partial charge is 0.317 e. The summed E-state index contributed by atoms with van der Waals surface area (Å²) in [5.41, 5.74) is 0. The van der Waals surface area contributed by atoms with Crippen LogP contribution in [0.2, 0.25) is 0 Å². The zero-order chi connectivity index (χ0) is 11.4. The van der Waals surface area contributed by atoms with Crippen LogP contribution in [0.5, 0.6) is 0 Å². The van der Waals surface area contributed by atoms with E-state index in [1.54, 1.807) is 0 Å². The van der Waals surface area contributed by atoms with Gasteiger partial charge in [0.25, 0.3) is 0 Å². The molecule has 1 saturated heterocycles. The van der Waals surface area contributed by atoms with Crippen molar-refractivity contribution >= 4 is 17.8 Å². The first-order chi connectivity index (χ1) is 7.76. The van der Waals surface area contributed by atoms with Gasteiger partial charge in [-0.15, -0.1) is 0 Å². The highest BCUT2D eigenvalue weighted by atomic mass is 32.2. The number of thioether (sulfide) groups is 1. The summed E-state index contributed by atoms with van der Waals surface area (Å²) in [5.74, 6) is 0. The summed E-state index contributed by atoms with van der Waals surface area (Å²) in [6.07, 6.45) is 6.25. The molecule has 5 heteroatoms. The summed E-state index contributed by atoms with van der Waals surface area (Å²) < 4.78 is 0.493. The molecule has 0 aromatic carbocycles. The number of carbonyl (C=O) groups is 1. The first-order valence-corrected chi connectivity index (χ1v) is 7.27. The molecule has 2 N–H and O–H groups in total. The zero-order valence-corrected chi connectivity index (χ0v) is 10.7. The van der Waals surface area contributed by atoms with Gasteiger partial charge in [0.2, 0.25) is 0 Å². The van der Waals surface area contributed by atoms with Gasteiger partial charge in [-0.1, -0.05) is 6.42 Å². The van der Waals surface area contributed by atoms with Gasteiger partial charge in [0.15, 0.2) is 0 Å². The van der Waals surface area contributed by atoms with Crippen molar-refractivity contribution < 1.29 is 4.79 Å². The summed E-state index contributed by atoms with van der Waals surface area (Å²) >= 11 is 1.99. The third-order valence-electron chi connectivity index (χ3n) is 3.65. The Morgan fingerprint density at radius 2 is 2.38 bits per heavy atom. The van der Waals surface area contributed by atoms with Gasteiger partial charge in [-0.2, -0.15) is 11.8 Å². The average molecular weight is 243 g/mol. The van der Waals surface area contributed by atoms with Crippen molar-refractivity contribution in [3.63, 3.8) is 0 Å². The van der Waals surface area contributed by atoms with Crippen molar-refractivity contribution in [2.75, 3.05) is 39.0 Å². The van der Waals surface area contributed by atoms with Gasteiger partial charge in [0, 0.05) is 37.5 Å². The van der Waals surface area contributed by atoms with E-state index in [9.17, 15) is 4.79 Å². The Morgan fingerprint density at radius 1 is 1.56 bits per heavy atom. The molecule has 16 heavy (non-hydrogen) atoms. The maximum atomic E-state index is 11.3. The molecule has 0 aromatic rings. The molecule has 0 spiro atoms. The second-order valence-electron chi connectivity index (χ2n) is 4.64. The van der Waals surface area contributed by atoms with E-state index in [-0.39, 0.29) is 6.03 Å². The van der Waals surface area contributed by atoms with Crippen molar-refractivity contribution in [1.29, 1.82) is 0 Å². The van der Waals surface area contributed by atoms with Crippen LogP contribution in [0.4, 0.5) is 4.79 Å². The minimum absolute atomic E-state index is 0.0880. The Balaban J connectivity index is 1.59. The number of nitrogens with one attached hydrogen (secondary N) is 2. The highest BCUT2D eigenvalue weighted by molar-refractivity contribution is 8.00. The highest BCUT2D eigenvalue weighted by Gasteiger charge is 2.35. The molecular formula is C11H21N3OS. The van der Waals surface area contributed by atoms with Crippen molar-refractivity contribution in [2.24, 2.45) is 0 Å². The van der Waals surface area contributed by atoms with Gasteiger partial charge in [0.1, 0.15) is 0 Å². The van der Waals surface area contributed by atoms with E-state index in [0.717, 1.165) is 32.7 Å². The molecular weight excluding hydrogens is 222 g/mol. The van der Waals surface area contributed by atoms with Gasteiger partial charge in [0.05, 0.1) is 0 Å². The van der Waals surface area contributed by atoms with E-state index in [1.165, 1.54) is 19.3 Å². The Kier molecular flexibility index (Phi) is 3.97. The van der Waals surface area contributed by atoms with Gasteiger partial charge in [-0.3, -0.25) is 0 Å². The third-order valence-corrected chi connectivity index (χ3v) is 5.07. The summed E-state index contributed by atoms with van der Waals surface area (Å²) in [5, 5.41) is 6.30. The number of hydrogen-bond donors (Lipinski definition) is 2. The van der Waals surface area contributed by atoms with E-state index in [4.69, 9.17) is 0 Å². The lowest BCUT2D eigenvalue weighted by Gasteiger charge is -2.40. The molecule has 2 fully saturated rings. The van der Waals surface area contributed by atoms with E-state index < -0.39 is 0 Å². The second-order valence-corrected chi connectivity index (χ2v) is 5.91. The van der Waals surface area contributed by atoms with Crippen molar-refractivity contribution in [2.45, 2.75) is 24.0 Å². The molecule has 1 aliphatic heterocycles. The number of urea groups is 1. The average Bonchev–Trinajstić information content (AvgIpc) is 2.62. The molecule has 0 radical (unpaired) electrons. The zero-order valence-electron chi connectivity index (χ0n) is 9.92. The monoisotopic (exact) mass is 243 g/mol. The predicted octanol–water partition coefficient (Wildman–Crippen LogP) is 0.887. The number of nitrogens with zero attached hydrogens (tertiary/aromatic N) is 1. The molecule has 2 amide bonds. The van der Waals surface area contributed by atoms with Crippen LogP contribution >= 0.6 is 11.8 Å². The van der Waals surface area contributed by atoms with Crippen LogP contribution < -0.4 is 10.6 Å². The lowest BCUT2D eigenvalue weighted by atomic mass is 9.84. The van der Waals surface area contributed by atoms with Crippen LogP contribution in [-0.4, -0.2) is 54.7 Å². The Hall–Kier alpha value is -0.420. The molecule has 92 valence electrons. The van der Waals surface area contributed by atoms with Crippen LogP contribution in [0.3, 0.4) is 0 Å². The van der Waals surface area contributed by atoms with Crippen LogP contribution in [-0.2, 0) is 0 Å². The Bertz CT molecular complexity index is 250. The number of amides is 2. The van der Waals surface area contributed by atoms with Crippen LogP contribution in [0, 0.1) is 0 Å². The molecule has 4 nitrogen and oxygen atoms in total. The first-order valence-electron chi connectivity index (χ1n) is 6.04. The summed E-state index contributed by atoms with van der Waals surface area (Å²) in [7, 11) is 0. The quantitative estimate of drug-likeness (QED) is 0.681. The molecule has 1 aliphatic carbocycles. The minimum Gasteiger partial charge on any atom is -0.336 e. The predicted molar refractivity (Wildman–Crippen MR) is 67.9 cm³/mol. The Labute approximate surface area is 102 Å². The van der Waals surface area contributed by atoms with Crippen molar-refractivity contribution in [3.8, 4) is 0 Å². The van der Waals surface area contributed by atoms with E-state index in [0.29, 0.717) is 4.75 Å². The number of carbonyl (C=O) groups excluding carboxylic acids is 1. The normalized spacial score (nSPS) is 23.1. The number of hydrogen-bond acceptors (Lipinski definition) is 3. The Morgan fingerprint density at radius 3 is 2.88 bits per heavy atom. The van der Waals surface area contributed by atoms with Gasteiger partial charge < -0.3 is 15.5 Å². The largest absolute Gasteiger partial charge is 0.336 e. The van der Waals surface area contributed by atoms with Gasteiger partial charge in [-0.05, 0) is 19.1 Å². The van der Waals surface area contributed by atoms with E-state index in [2.05, 4.69) is 16.9 Å². The van der Waals surface area contributed by atoms with E-state index >= 15 is 0 Å². The van der Waals surface area contributed by atoms with Gasteiger partial charge >= 0.3 is 6.03 Å². The van der Waals surface area contributed by atoms with Crippen LogP contribution in [0.1, 0.15) is 19.3 Å². The maximum absolute atomic E-state index is 11.3. The fraction of sp³-hybridized carbons (Fsp3) is 0.909. The topological polar surface area (TPSA) is 44.4 Å². The lowest BCUT2D eigenvalue weighted by Crippen LogP contribution is -2.45. The molecule has 1 saturated carbocycles. The van der Waals surface area contributed by atoms with Crippen LogP contribution in [0.15, 0.2) is 0 Å². The fourth-order valence-corrected chi connectivity index (χ4v) is 3.22. The molecule has 1 heterocycles. The second kappa shape index (κ2) is 5.27. The minimum atomic E-state index is 0.0880. The molecule has 2 rings (SSSR count). The third kappa shape index (κ3) is 2.63. The maximum Gasteiger partial charge on any atom is 0.317 e. The molecule has 2 aliphatic rings. The number of rotatable bonds is 6. The molecule has 0 bridgehead atoms. The van der Waals surface area contributed by atoms with E-state index in [1.807, 2.05) is 16.7 Å². The summed E-state index contributed by atoms with van der Waals surface area (Å²) in [4.78, 5) is 13.1. The summed E-state index contributed by atoms with van der Waals surface area (Å²) in [6.45, 7) is 4.48. The standard InChI is InChI=1S/C11H21N3OS/c1-16-11(3-2-4-11)9-12-5-7-14-8-6-13-10(14)15/h12H,2-9H2,1H3,(H,13,15). The van der Waals surface area contributed by atoms with Gasteiger partial charge in [-0.25, -0.2) is 4.79 Å². The fourth-order valence-electron chi connectivity index (χ4n) is 2.28. The molecule has 0 aromatic heterocycles.